The van der Waals surface area contributed by atoms with Gasteiger partial charge in [-0.25, -0.2) is 4.98 Å². The zero-order chi connectivity index (χ0) is 14.3. The molecule has 3 nitrogen and oxygen atoms in total. The van der Waals surface area contributed by atoms with E-state index < -0.39 is 5.60 Å². The van der Waals surface area contributed by atoms with Crippen molar-refractivity contribution in [3.63, 3.8) is 0 Å². The van der Waals surface area contributed by atoms with Crippen molar-refractivity contribution in [3.05, 3.63) is 57.2 Å². The number of hydrogen-bond acceptors (Lipinski definition) is 3. The molecule has 1 heterocycles. The summed E-state index contributed by atoms with van der Waals surface area (Å²) in [5, 5.41) is 11.0. The number of hydrogen-bond donors (Lipinski definition) is 2. The van der Waals surface area contributed by atoms with Crippen molar-refractivity contribution in [2.24, 2.45) is 0 Å². The number of aliphatic hydroxyl groups is 1. The molecule has 3 N–H and O–H groups in total. The van der Waals surface area contributed by atoms with Crippen LogP contribution in [0.15, 0.2) is 34.9 Å². The number of pyridine rings is 1. The van der Waals surface area contributed by atoms with Gasteiger partial charge in [0.25, 0.3) is 0 Å². The van der Waals surface area contributed by atoms with Crippen molar-refractivity contribution in [2.45, 2.75) is 31.8 Å². The lowest BCUT2D eigenvalue weighted by Crippen LogP contribution is -2.34. The summed E-state index contributed by atoms with van der Waals surface area (Å²) in [6, 6.07) is 8.17. The molecule has 1 aliphatic rings. The standard InChI is InChI=1S/C16H17BrN2O/c1-10-6-14(15(18)19-9-10)16(20)5-4-11-7-13(17)3-2-12(11)8-16/h2-3,6-7,9,20H,4-5,8H2,1H3,(H2,18,19). The van der Waals surface area contributed by atoms with Crippen LogP contribution in [0, 0.1) is 6.92 Å². The smallest absolute Gasteiger partial charge is 0.129 e. The van der Waals surface area contributed by atoms with Gasteiger partial charge in [0.1, 0.15) is 5.82 Å². The molecule has 0 spiro atoms. The maximum Gasteiger partial charge on any atom is 0.129 e. The summed E-state index contributed by atoms with van der Waals surface area (Å²) in [5.41, 5.74) is 9.31. The lowest BCUT2D eigenvalue weighted by molar-refractivity contribution is 0.0227. The lowest BCUT2D eigenvalue weighted by Gasteiger charge is -2.34. The molecule has 0 saturated carbocycles. The van der Waals surface area contributed by atoms with Crippen LogP contribution in [-0.2, 0) is 18.4 Å². The third-order valence-corrected chi connectivity index (χ3v) is 4.51. The molecule has 0 saturated heterocycles. The van der Waals surface area contributed by atoms with Crippen LogP contribution in [0.3, 0.4) is 0 Å². The average molecular weight is 333 g/mol. The fraction of sp³-hybridized carbons (Fsp3) is 0.312. The third kappa shape index (κ3) is 2.34. The monoisotopic (exact) mass is 332 g/mol. The van der Waals surface area contributed by atoms with E-state index in [0.29, 0.717) is 18.7 Å². The van der Waals surface area contributed by atoms with Gasteiger partial charge in [-0.3, -0.25) is 0 Å². The third-order valence-electron chi connectivity index (χ3n) is 4.02. The zero-order valence-corrected chi connectivity index (χ0v) is 12.9. The molecular weight excluding hydrogens is 316 g/mol. The molecular formula is C16H17BrN2O. The highest BCUT2D eigenvalue weighted by Gasteiger charge is 2.35. The van der Waals surface area contributed by atoms with Crippen LogP contribution >= 0.6 is 15.9 Å². The lowest BCUT2D eigenvalue weighted by atomic mass is 9.76. The molecule has 104 valence electrons. The SMILES string of the molecule is Cc1cnc(N)c(C2(O)CCc3cc(Br)ccc3C2)c1. The number of nitrogens with zero attached hydrogens (tertiary/aromatic N) is 1. The summed E-state index contributed by atoms with van der Waals surface area (Å²) in [7, 11) is 0. The molecule has 0 aliphatic heterocycles. The predicted octanol–water partition coefficient (Wildman–Crippen LogP) is 3.11. The van der Waals surface area contributed by atoms with E-state index in [-0.39, 0.29) is 0 Å². The highest BCUT2D eigenvalue weighted by Crippen LogP contribution is 2.39. The van der Waals surface area contributed by atoms with Gasteiger partial charge in [0.15, 0.2) is 0 Å². The number of aryl methyl sites for hydroxylation is 2. The normalized spacial score (nSPS) is 21.6. The molecule has 20 heavy (non-hydrogen) atoms. The van der Waals surface area contributed by atoms with Gasteiger partial charge in [-0.1, -0.05) is 22.0 Å². The Morgan fingerprint density at radius 2 is 2.10 bits per heavy atom. The van der Waals surface area contributed by atoms with E-state index in [4.69, 9.17) is 5.73 Å². The number of benzene rings is 1. The van der Waals surface area contributed by atoms with Crippen LogP contribution < -0.4 is 5.73 Å². The molecule has 1 unspecified atom stereocenters. The Bertz CT molecular complexity index is 672. The van der Waals surface area contributed by atoms with Crippen LogP contribution in [0.5, 0.6) is 0 Å². The van der Waals surface area contributed by atoms with E-state index in [2.05, 4.69) is 33.0 Å². The first-order valence-electron chi connectivity index (χ1n) is 6.70. The van der Waals surface area contributed by atoms with Crippen molar-refractivity contribution >= 4 is 21.7 Å². The average Bonchev–Trinajstić information content (AvgIpc) is 2.42. The van der Waals surface area contributed by atoms with Gasteiger partial charge in [0.2, 0.25) is 0 Å². The number of rotatable bonds is 1. The van der Waals surface area contributed by atoms with Crippen LogP contribution in [0.2, 0.25) is 0 Å². The summed E-state index contributed by atoms with van der Waals surface area (Å²) in [6.45, 7) is 1.97. The summed E-state index contributed by atoms with van der Waals surface area (Å²) in [5.74, 6) is 0.429. The minimum atomic E-state index is -0.913. The topological polar surface area (TPSA) is 59.1 Å². The van der Waals surface area contributed by atoms with Crippen molar-refractivity contribution in [3.8, 4) is 0 Å². The van der Waals surface area contributed by atoms with E-state index >= 15 is 0 Å². The van der Waals surface area contributed by atoms with Crippen molar-refractivity contribution in [1.82, 2.24) is 4.98 Å². The highest BCUT2D eigenvalue weighted by molar-refractivity contribution is 9.10. The minimum absolute atomic E-state index is 0.429. The Morgan fingerprint density at radius 3 is 2.90 bits per heavy atom. The molecule has 2 aromatic rings. The van der Waals surface area contributed by atoms with Gasteiger partial charge in [-0.2, -0.15) is 0 Å². The zero-order valence-electron chi connectivity index (χ0n) is 11.4. The molecule has 3 rings (SSSR count). The van der Waals surface area contributed by atoms with Crippen molar-refractivity contribution in [2.75, 3.05) is 5.73 Å². The first kappa shape index (κ1) is 13.6. The first-order valence-corrected chi connectivity index (χ1v) is 7.49. The van der Waals surface area contributed by atoms with E-state index in [1.807, 2.05) is 19.1 Å². The molecule has 0 bridgehead atoms. The van der Waals surface area contributed by atoms with Gasteiger partial charge >= 0.3 is 0 Å². The Labute approximate surface area is 127 Å². The second-order valence-electron chi connectivity index (χ2n) is 5.57. The fourth-order valence-electron chi connectivity index (χ4n) is 2.93. The van der Waals surface area contributed by atoms with Crippen LogP contribution in [0.1, 0.15) is 28.7 Å². The maximum absolute atomic E-state index is 11.0. The van der Waals surface area contributed by atoms with E-state index in [1.54, 1.807) is 6.20 Å². The number of aromatic nitrogens is 1. The number of nitrogen functional groups attached to an aromatic ring is 1. The van der Waals surface area contributed by atoms with E-state index in [0.717, 1.165) is 22.0 Å². The van der Waals surface area contributed by atoms with Crippen LogP contribution in [0.25, 0.3) is 0 Å². The van der Waals surface area contributed by atoms with Crippen molar-refractivity contribution < 1.29 is 5.11 Å². The summed E-state index contributed by atoms with van der Waals surface area (Å²) < 4.78 is 1.08. The fourth-order valence-corrected chi connectivity index (χ4v) is 3.34. The summed E-state index contributed by atoms with van der Waals surface area (Å²) in [4.78, 5) is 4.18. The number of nitrogens with two attached hydrogens (primary N) is 1. The van der Waals surface area contributed by atoms with Crippen LogP contribution in [0.4, 0.5) is 5.82 Å². The Hall–Kier alpha value is -1.39. The van der Waals surface area contributed by atoms with Gasteiger partial charge in [-0.15, -0.1) is 0 Å². The Morgan fingerprint density at radius 1 is 1.30 bits per heavy atom. The summed E-state index contributed by atoms with van der Waals surface area (Å²) >= 11 is 3.49. The first-order chi connectivity index (χ1) is 9.48. The number of fused-ring (bicyclic) bond motifs is 1. The van der Waals surface area contributed by atoms with E-state index in [9.17, 15) is 5.11 Å². The molecule has 1 aromatic heterocycles. The van der Waals surface area contributed by atoms with E-state index in [1.165, 1.54) is 11.1 Å². The number of halogens is 1. The largest absolute Gasteiger partial charge is 0.385 e. The summed E-state index contributed by atoms with van der Waals surface area (Å²) in [6.07, 6.45) is 3.84. The molecule has 0 amide bonds. The van der Waals surface area contributed by atoms with Gasteiger partial charge in [0, 0.05) is 22.7 Å². The molecule has 1 aromatic carbocycles. The molecule has 0 fully saturated rings. The highest BCUT2D eigenvalue weighted by atomic mass is 79.9. The minimum Gasteiger partial charge on any atom is -0.385 e. The maximum atomic E-state index is 11.0. The molecule has 4 heteroatoms. The second-order valence-corrected chi connectivity index (χ2v) is 6.48. The molecule has 0 radical (unpaired) electrons. The number of anilines is 1. The molecule has 1 aliphatic carbocycles. The Balaban J connectivity index is 2.02. The Kier molecular flexibility index (Phi) is 3.30. The second kappa shape index (κ2) is 4.86. The van der Waals surface area contributed by atoms with Gasteiger partial charge in [-0.05, 0) is 54.7 Å². The molecule has 1 atom stereocenters. The quantitative estimate of drug-likeness (QED) is 0.843. The van der Waals surface area contributed by atoms with Crippen molar-refractivity contribution in [1.29, 1.82) is 0 Å². The predicted molar refractivity (Wildman–Crippen MR) is 83.5 cm³/mol. The van der Waals surface area contributed by atoms with Crippen LogP contribution in [-0.4, -0.2) is 10.1 Å². The van der Waals surface area contributed by atoms with Gasteiger partial charge < -0.3 is 10.8 Å². The van der Waals surface area contributed by atoms with Gasteiger partial charge in [0.05, 0.1) is 5.60 Å².